The third kappa shape index (κ3) is 4.97. The van der Waals surface area contributed by atoms with Gasteiger partial charge in [0.25, 0.3) is 0 Å². The van der Waals surface area contributed by atoms with E-state index in [9.17, 15) is 15.0 Å². The highest BCUT2D eigenvalue weighted by molar-refractivity contribution is 5.67. The summed E-state index contributed by atoms with van der Waals surface area (Å²) in [6.45, 7) is 1.74. The van der Waals surface area contributed by atoms with Crippen molar-refractivity contribution in [3.8, 4) is 11.8 Å². The molecule has 134 valence electrons. The fourth-order valence-electron chi connectivity index (χ4n) is 3.32. The number of hydroxylamine groups is 1. The number of aliphatic carboxylic acids is 1. The van der Waals surface area contributed by atoms with E-state index in [4.69, 9.17) is 9.94 Å². The third-order valence-electron chi connectivity index (χ3n) is 4.68. The van der Waals surface area contributed by atoms with Crippen molar-refractivity contribution in [2.24, 2.45) is 11.8 Å². The number of allylic oxidation sites excluding steroid dienone is 1. The molecule has 0 heterocycles. The molecule has 24 heavy (non-hydrogen) atoms. The number of carboxylic acids is 1. The molecule has 0 saturated heterocycles. The Morgan fingerprint density at radius 1 is 1.38 bits per heavy atom. The van der Waals surface area contributed by atoms with Crippen LogP contribution in [0.1, 0.15) is 51.9 Å². The van der Waals surface area contributed by atoms with Gasteiger partial charge in [-0.25, -0.2) is 4.79 Å². The fraction of sp³-hybridized carbons (Fsp3) is 0.722. The van der Waals surface area contributed by atoms with E-state index in [1.165, 1.54) is 12.8 Å². The number of nitrogens with one attached hydrogen (secondary N) is 1. The normalized spacial score (nSPS) is 26.2. The molecule has 0 aliphatic heterocycles. The lowest BCUT2D eigenvalue weighted by Gasteiger charge is -2.30. The Hall–Kier alpha value is -1.55. The van der Waals surface area contributed by atoms with Gasteiger partial charge in [0.15, 0.2) is 6.61 Å². The number of carbonyl (C=O) groups is 1. The second kappa shape index (κ2) is 9.07. The summed E-state index contributed by atoms with van der Waals surface area (Å²) in [5, 5.41) is 28.6. The largest absolute Gasteiger partial charge is 0.479 e. The molecule has 4 atom stereocenters. The van der Waals surface area contributed by atoms with Crippen molar-refractivity contribution in [2.75, 3.05) is 6.61 Å². The molecular weight excluding hydrogens is 310 g/mol. The number of aliphatic hydroxyl groups excluding tert-OH is 2. The zero-order chi connectivity index (χ0) is 17.5. The van der Waals surface area contributed by atoms with Gasteiger partial charge in [0.2, 0.25) is 0 Å². The van der Waals surface area contributed by atoms with Crippen LogP contribution in [0.2, 0.25) is 0 Å². The first kappa shape index (κ1) is 18.8. The van der Waals surface area contributed by atoms with E-state index in [1.54, 1.807) is 0 Å². The van der Waals surface area contributed by atoms with Gasteiger partial charge >= 0.3 is 5.97 Å². The summed E-state index contributed by atoms with van der Waals surface area (Å²) in [6.07, 6.45) is 5.16. The SMILES string of the molecule is CCCCCCC(O)C#CC1C(O)CC2=C(NOCC(=O)O)CC21. The van der Waals surface area contributed by atoms with Crippen molar-refractivity contribution in [3.05, 3.63) is 11.3 Å². The van der Waals surface area contributed by atoms with Crippen LogP contribution in [-0.2, 0) is 9.63 Å². The number of aliphatic hydroxyl groups is 2. The number of fused-ring (bicyclic) bond motifs is 1. The van der Waals surface area contributed by atoms with Gasteiger partial charge in [0, 0.05) is 11.6 Å². The van der Waals surface area contributed by atoms with Crippen LogP contribution in [0.25, 0.3) is 0 Å². The predicted octanol–water partition coefficient (Wildman–Crippen LogP) is 1.58. The van der Waals surface area contributed by atoms with Crippen molar-refractivity contribution in [1.82, 2.24) is 5.48 Å². The van der Waals surface area contributed by atoms with Crippen molar-refractivity contribution in [2.45, 2.75) is 64.1 Å². The topological polar surface area (TPSA) is 99.0 Å². The van der Waals surface area contributed by atoms with E-state index in [0.717, 1.165) is 24.1 Å². The zero-order valence-corrected chi connectivity index (χ0v) is 14.1. The first-order valence-electron chi connectivity index (χ1n) is 8.71. The van der Waals surface area contributed by atoms with Gasteiger partial charge in [-0.2, -0.15) is 0 Å². The standard InChI is InChI=1S/C18H27NO5/c1-2-3-4-5-6-12(20)7-8-13-14-9-16(15(14)10-17(13)21)19-24-11-18(22)23/h12-14,17,19-21H,2-6,9-11H2,1H3,(H,22,23). The molecule has 2 aliphatic carbocycles. The summed E-state index contributed by atoms with van der Waals surface area (Å²) in [6, 6.07) is 0. The van der Waals surface area contributed by atoms with Crippen LogP contribution < -0.4 is 5.48 Å². The van der Waals surface area contributed by atoms with E-state index in [0.29, 0.717) is 19.3 Å². The Morgan fingerprint density at radius 3 is 2.88 bits per heavy atom. The molecule has 2 rings (SSSR count). The zero-order valence-electron chi connectivity index (χ0n) is 14.1. The molecule has 0 aromatic carbocycles. The Balaban J connectivity index is 1.81. The molecule has 2 aliphatic rings. The summed E-state index contributed by atoms with van der Waals surface area (Å²) >= 11 is 0. The van der Waals surface area contributed by atoms with Crippen molar-refractivity contribution >= 4 is 5.97 Å². The number of unbranched alkanes of at least 4 members (excludes halogenated alkanes) is 3. The van der Waals surface area contributed by atoms with E-state index in [-0.39, 0.29) is 11.8 Å². The van der Waals surface area contributed by atoms with Crippen molar-refractivity contribution in [3.63, 3.8) is 0 Å². The van der Waals surface area contributed by atoms with Crippen molar-refractivity contribution in [1.29, 1.82) is 0 Å². The second-order valence-electron chi connectivity index (χ2n) is 6.55. The Kier molecular flexibility index (Phi) is 7.10. The quantitative estimate of drug-likeness (QED) is 0.290. The molecule has 4 N–H and O–H groups in total. The average Bonchev–Trinajstić information content (AvgIpc) is 2.77. The summed E-state index contributed by atoms with van der Waals surface area (Å²) in [5.74, 6) is 4.92. The lowest BCUT2D eigenvalue weighted by Crippen LogP contribution is -2.30. The number of hydrogen-bond acceptors (Lipinski definition) is 5. The minimum Gasteiger partial charge on any atom is -0.479 e. The summed E-state index contributed by atoms with van der Waals surface area (Å²) in [7, 11) is 0. The number of carboxylic acid groups (broad SMARTS) is 1. The predicted molar refractivity (Wildman–Crippen MR) is 88.5 cm³/mol. The maximum absolute atomic E-state index is 10.4. The van der Waals surface area contributed by atoms with Crippen LogP contribution in [0.3, 0.4) is 0 Å². The molecule has 4 unspecified atom stereocenters. The molecular formula is C18H27NO5. The molecule has 6 nitrogen and oxygen atoms in total. The lowest BCUT2D eigenvalue weighted by atomic mass is 9.79. The third-order valence-corrected chi connectivity index (χ3v) is 4.68. The van der Waals surface area contributed by atoms with E-state index in [1.807, 2.05) is 0 Å². The van der Waals surface area contributed by atoms with Gasteiger partial charge in [-0.3, -0.25) is 10.3 Å². The molecule has 0 bridgehead atoms. The average molecular weight is 337 g/mol. The van der Waals surface area contributed by atoms with Crippen LogP contribution >= 0.6 is 0 Å². The van der Waals surface area contributed by atoms with Crippen LogP contribution in [0.4, 0.5) is 0 Å². The van der Waals surface area contributed by atoms with Gasteiger partial charge < -0.3 is 15.3 Å². The smallest absolute Gasteiger partial charge is 0.332 e. The van der Waals surface area contributed by atoms with Gasteiger partial charge in [-0.15, -0.1) is 0 Å². The first-order valence-corrected chi connectivity index (χ1v) is 8.71. The Morgan fingerprint density at radius 2 is 2.17 bits per heavy atom. The molecule has 0 aromatic rings. The first-order chi connectivity index (χ1) is 11.5. The second-order valence-corrected chi connectivity index (χ2v) is 6.55. The van der Waals surface area contributed by atoms with Gasteiger partial charge in [0.05, 0.1) is 12.0 Å². The molecule has 6 heteroatoms. The maximum Gasteiger partial charge on any atom is 0.332 e. The molecule has 1 fully saturated rings. The molecule has 0 aromatic heterocycles. The number of rotatable bonds is 9. The van der Waals surface area contributed by atoms with Gasteiger partial charge in [-0.05, 0) is 31.3 Å². The molecule has 0 amide bonds. The number of hydrogen-bond donors (Lipinski definition) is 4. The van der Waals surface area contributed by atoms with Gasteiger partial charge in [0.1, 0.15) is 6.10 Å². The minimum atomic E-state index is -1.04. The molecule has 1 saturated carbocycles. The van der Waals surface area contributed by atoms with E-state index < -0.39 is 24.8 Å². The highest BCUT2D eigenvalue weighted by Gasteiger charge is 2.45. The van der Waals surface area contributed by atoms with Crippen LogP contribution in [0, 0.1) is 23.7 Å². The van der Waals surface area contributed by atoms with Gasteiger partial charge in [-0.1, -0.05) is 38.0 Å². The van der Waals surface area contributed by atoms with Crippen LogP contribution in [0.15, 0.2) is 11.3 Å². The van der Waals surface area contributed by atoms with E-state index >= 15 is 0 Å². The highest BCUT2D eigenvalue weighted by atomic mass is 16.7. The molecule has 0 spiro atoms. The summed E-state index contributed by atoms with van der Waals surface area (Å²) in [5.41, 5.74) is 4.57. The Bertz CT molecular complexity index is 533. The maximum atomic E-state index is 10.4. The summed E-state index contributed by atoms with van der Waals surface area (Å²) in [4.78, 5) is 15.3. The summed E-state index contributed by atoms with van der Waals surface area (Å²) < 4.78 is 0. The minimum absolute atomic E-state index is 0.157. The fourth-order valence-corrected chi connectivity index (χ4v) is 3.32. The van der Waals surface area contributed by atoms with Crippen molar-refractivity contribution < 1.29 is 25.0 Å². The monoisotopic (exact) mass is 337 g/mol. The highest BCUT2D eigenvalue weighted by Crippen LogP contribution is 2.48. The molecule has 0 radical (unpaired) electrons. The lowest BCUT2D eigenvalue weighted by molar-refractivity contribution is -0.144. The van der Waals surface area contributed by atoms with E-state index in [2.05, 4.69) is 24.2 Å². The van der Waals surface area contributed by atoms with Crippen LogP contribution in [0.5, 0.6) is 0 Å². The Labute approximate surface area is 142 Å². The van der Waals surface area contributed by atoms with Crippen LogP contribution in [-0.4, -0.2) is 40.1 Å².